The molecule has 4 N–H and O–H groups in total. The predicted octanol–water partition coefficient (Wildman–Crippen LogP) is 1.39. The van der Waals surface area contributed by atoms with E-state index < -0.39 is 5.60 Å². The minimum Gasteiger partial charge on any atom is -0.488 e. The maximum atomic E-state index is 10.6. The van der Waals surface area contributed by atoms with Crippen molar-refractivity contribution in [2.45, 2.75) is 38.2 Å². The number of thioether (sulfide) groups is 1. The number of nitrogens with two attached hydrogens (primary N) is 1. The summed E-state index contributed by atoms with van der Waals surface area (Å²) in [4.78, 5) is 9.18. The van der Waals surface area contributed by atoms with Gasteiger partial charge in [-0.15, -0.1) is 0 Å². The van der Waals surface area contributed by atoms with E-state index in [-0.39, 0.29) is 5.82 Å². The second kappa shape index (κ2) is 7.81. The summed E-state index contributed by atoms with van der Waals surface area (Å²) in [5.41, 5.74) is 6.82. The first-order valence-corrected chi connectivity index (χ1v) is 10.6. The Morgan fingerprint density at radius 2 is 2.28 bits per heavy atom. The molecular weight excluding hydrogens is 394 g/mol. The number of aromatic nitrogens is 5. The molecule has 0 unspecified atom stereocenters. The average Bonchev–Trinajstić information content (AvgIpc) is 3.29. The summed E-state index contributed by atoms with van der Waals surface area (Å²) in [6, 6.07) is 0. The second-order valence-corrected chi connectivity index (χ2v) is 8.82. The number of pyridine rings is 1. The van der Waals surface area contributed by atoms with Crippen LogP contribution in [0.1, 0.15) is 26.5 Å². The van der Waals surface area contributed by atoms with E-state index in [1.54, 1.807) is 20.0 Å². The largest absolute Gasteiger partial charge is 0.488 e. The van der Waals surface area contributed by atoms with Crippen LogP contribution in [-0.2, 0) is 12.1 Å². The number of anilines is 1. The molecule has 1 aliphatic rings. The van der Waals surface area contributed by atoms with E-state index in [1.807, 2.05) is 23.3 Å². The molecule has 0 bridgehead atoms. The van der Waals surface area contributed by atoms with E-state index in [4.69, 9.17) is 20.1 Å². The van der Waals surface area contributed by atoms with Crippen LogP contribution in [0.3, 0.4) is 0 Å². The minimum atomic E-state index is -1.18. The summed E-state index contributed by atoms with van der Waals surface area (Å²) >= 11 is 1.89. The fourth-order valence-electron chi connectivity index (χ4n) is 3.42. The number of ether oxygens (including phenoxy) is 1. The van der Waals surface area contributed by atoms with Crippen molar-refractivity contribution >= 4 is 28.6 Å². The molecule has 0 aromatic carbocycles. The Morgan fingerprint density at radius 1 is 1.45 bits per heavy atom. The standard InChI is InChI=1S/C18H25N7O3S/c1-4-25-14-11(27-9-10-7-20-5-6-29-10)8-21-15(18(2,3)26)12(14)22-17(25)13-16(19)24-28-23-13/h8,10,20,26H,4-7,9H2,1-3H3,(H2,19,24)/t10-/m0/s1. The van der Waals surface area contributed by atoms with Crippen molar-refractivity contribution < 1.29 is 14.5 Å². The van der Waals surface area contributed by atoms with Gasteiger partial charge in [0.05, 0.1) is 17.1 Å². The average molecular weight is 420 g/mol. The van der Waals surface area contributed by atoms with E-state index in [1.165, 1.54) is 0 Å². The van der Waals surface area contributed by atoms with Crippen molar-refractivity contribution in [3.05, 3.63) is 11.9 Å². The molecule has 0 spiro atoms. The second-order valence-electron chi connectivity index (χ2n) is 7.41. The number of nitrogen functional groups attached to an aromatic ring is 1. The zero-order valence-electron chi connectivity index (χ0n) is 16.7. The Bertz CT molecular complexity index is 1000. The molecule has 1 atom stereocenters. The van der Waals surface area contributed by atoms with Crippen molar-refractivity contribution in [1.29, 1.82) is 0 Å². The Balaban J connectivity index is 1.83. The van der Waals surface area contributed by atoms with Gasteiger partial charge in [-0.1, -0.05) is 0 Å². The fraction of sp³-hybridized carbons (Fsp3) is 0.556. The van der Waals surface area contributed by atoms with Gasteiger partial charge in [0, 0.05) is 25.4 Å². The molecule has 0 aliphatic carbocycles. The highest BCUT2D eigenvalue weighted by Gasteiger charge is 2.29. The molecule has 156 valence electrons. The van der Waals surface area contributed by atoms with Crippen LogP contribution in [0.2, 0.25) is 0 Å². The number of rotatable bonds is 6. The monoisotopic (exact) mass is 419 g/mol. The maximum Gasteiger partial charge on any atom is 0.199 e. The van der Waals surface area contributed by atoms with Gasteiger partial charge in [-0.05, 0) is 31.1 Å². The molecule has 4 heterocycles. The van der Waals surface area contributed by atoms with Crippen LogP contribution in [0.15, 0.2) is 10.8 Å². The van der Waals surface area contributed by atoms with Gasteiger partial charge in [0.1, 0.15) is 23.2 Å². The van der Waals surface area contributed by atoms with Crippen LogP contribution < -0.4 is 15.8 Å². The first-order valence-electron chi connectivity index (χ1n) is 9.55. The van der Waals surface area contributed by atoms with Crippen molar-refractivity contribution in [2.24, 2.45) is 0 Å². The smallest absolute Gasteiger partial charge is 0.199 e. The van der Waals surface area contributed by atoms with Crippen LogP contribution >= 0.6 is 11.8 Å². The van der Waals surface area contributed by atoms with E-state index in [2.05, 4.69) is 20.6 Å². The number of imidazole rings is 1. The number of aliphatic hydroxyl groups is 1. The topological polar surface area (TPSA) is 137 Å². The summed E-state index contributed by atoms with van der Waals surface area (Å²) in [6.45, 7) is 8.41. The Hall–Kier alpha value is -2.37. The van der Waals surface area contributed by atoms with Crippen molar-refractivity contribution in [2.75, 3.05) is 31.2 Å². The molecule has 0 saturated carbocycles. The van der Waals surface area contributed by atoms with E-state index in [9.17, 15) is 5.11 Å². The van der Waals surface area contributed by atoms with E-state index in [0.717, 1.165) is 24.4 Å². The van der Waals surface area contributed by atoms with Gasteiger partial charge >= 0.3 is 0 Å². The molecule has 3 aromatic rings. The van der Waals surface area contributed by atoms with Crippen LogP contribution in [-0.4, -0.2) is 60.7 Å². The summed E-state index contributed by atoms with van der Waals surface area (Å²) < 4.78 is 12.9. The molecule has 1 saturated heterocycles. The minimum absolute atomic E-state index is 0.153. The quantitative estimate of drug-likeness (QED) is 0.537. The zero-order chi connectivity index (χ0) is 20.6. The highest BCUT2D eigenvalue weighted by Crippen LogP contribution is 2.36. The van der Waals surface area contributed by atoms with Crippen molar-refractivity contribution in [3.8, 4) is 17.3 Å². The molecule has 0 radical (unpaired) electrons. The molecular formula is C18H25N7O3S. The molecule has 1 fully saturated rings. The van der Waals surface area contributed by atoms with Crippen molar-refractivity contribution in [1.82, 2.24) is 30.2 Å². The first-order chi connectivity index (χ1) is 13.9. The van der Waals surface area contributed by atoms with Gasteiger partial charge < -0.3 is 25.5 Å². The third-order valence-electron chi connectivity index (χ3n) is 4.79. The van der Waals surface area contributed by atoms with Gasteiger partial charge in [0.2, 0.25) is 0 Å². The van der Waals surface area contributed by atoms with E-state index in [0.29, 0.717) is 46.9 Å². The summed E-state index contributed by atoms with van der Waals surface area (Å²) in [6.07, 6.45) is 1.65. The predicted molar refractivity (Wildman–Crippen MR) is 111 cm³/mol. The molecule has 0 amide bonds. The lowest BCUT2D eigenvalue weighted by Gasteiger charge is -2.23. The summed E-state index contributed by atoms with van der Waals surface area (Å²) in [7, 11) is 0. The van der Waals surface area contributed by atoms with Gasteiger partial charge in [0.15, 0.2) is 23.1 Å². The maximum absolute atomic E-state index is 10.6. The zero-order valence-corrected chi connectivity index (χ0v) is 17.5. The van der Waals surface area contributed by atoms with Gasteiger partial charge in [-0.2, -0.15) is 11.8 Å². The number of nitrogens with one attached hydrogen (secondary N) is 1. The third-order valence-corrected chi connectivity index (χ3v) is 6.00. The number of nitrogens with zero attached hydrogens (tertiary/aromatic N) is 5. The third kappa shape index (κ3) is 3.77. The Kier molecular flexibility index (Phi) is 5.36. The first kappa shape index (κ1) is 19.9. The van der Waals surface area contributed by atoms with Crippen LogP contribution in [0.5, 0.6) is 5.75 Å². The highest BCUT2D eigenvalue weighted by molar-refractivity contribution is 8.00. The number of hydrogen-bond donors (Lipinski definition) is 3. The normalized spacial score (nSPS) is 17.7. The van der Waals surface area contributed by atoms with Gasteiger partial charge in [0.25, 0.3) is 0 Å². The molecule has 10 nitrogen and oxygen atoms in total. The highest BCUT2D eigenvalue weighted by atomic mass is 32.2. The lowest BCUT2D eigenvalue weighted by atomic mass is 10.0. The Labute approximate surface area is 172 Å². The molecule has 3 aromatic heterocycles. The number of hydrogen-bond acceptors (Lipinski definition) is 10. The lowest BCUT2D eigenvalue weighted by molar-refractivity contribution is 0.0753. The van der Waals surface area contributed by atoms with Gasteiger partial charge in [-0.25, -0.2) is 9.61 Å². The molecule has 4 rings (SSSR count). The number of aryl methyl sites for hydroxylation is 1. The Morgan fingerprint density at radius 3 is 2.90 bits per heavy atom. The van der Waals surface area contributed by atoms with Crippen LogP contribution in [0.25, 0.3) is 22.6 Å². The summed E-state index contributed by atoms with van der Waals surface area (Å²) in [5.74, 6) is 2.32. The summed E-state index contributed by atoms with van der Waals surface area (Å²) in [5, 5.41) is 21.9. The fourth-order valence-corrected chi connectivity index (χ4v) is 4.41. The molecule has 29 heavy (non-hydrogen) atoms. The lowest BCUT2D eigenvalue weighted by Crippen LogP contribution is -2.36. The van der Waals surface area contributed by atoms with Gasteiger partial charge in [-0.3, -0.25) is 4.98 Å². The van der Waals surface area contributed by atoms with Crippen LogP contribution in [0.4, 0.5) is 5.82 Å². The molecule has 1 aliphatic heterocycles. The molecule has 11 heteroatoms. The van der Waals surface area contributed by atoms with Crippen LogP contribution in [0, 0.1) is 0 Å². The number of fused-ring (bicyclic) bond motifs is 1. The van der Waals surface area contributed by atoms with Crippen molar-refractivity contribution in [3.63, 3.8) is 0 Å². The van der Waals surface area contributed by atoms with E-state index >= 15 is 0 Å². The SMILES string of the molecule is CCn1c(-c2nonc2N)nc2c(C(C)(C)O)ncc(OC[C@@H]3CNCCS3)c21.